The van der Waals surface area contributed by atoms with Crippen molar-refractivity contribution in [1.29, 1.82) is 0 Å². The molecule has 1 aromatic carbocycles. The molecule has 0 atom stereocenters. The fraction of sp³-hybridized carbons (Fsp3) is 0.455. The Morgan fingerprint density at radius 2 is 1.80 bits per heavy atom. The normalized spacial score (nSPS) is 14.5. The highest BCUT2D eigenvalue weighted by Gasteiger charge is 2.25. The van der Waals surface area contributed by atoms with Crippen molar-refractivity contribution in [1.82, 2.24) is 15.1 Å². The van der Waals surface area contributed by atoms with Gasteiger partial charge in [0.2, 0.25) is 0 Å². The first-order valence-corrected chi connectivity index (χ1v) is 10.2. The lowest BCUT2D eigenvalue weighted by molar-refractivity contribution is 0.0657. The van der Waals surface area contributed by atoms with E-state index in [1.54, 1.807) is 12.1 Å². The van der Waals surface area contributed by atoms with Crippen LogP contribution in [-0.4, -0.2) is 60.5 Å². The minimum Gasteiger partial charge on any atom is -0.491 e. The van der Waals surface area contributed by atoms with E-state index in [2.05, 4.69) is 17.1 Å². The molecule has 30 heavy (non-hydrogen) atoms. The predicted molar refractivity (Wildman–Crippen MR) is 129 cm³/mol. The summed E-state index contributed by atoms with van der Waals surface area (Å²) in [6, 6.07) is 11.5. The van der Waals surface area contributed by atoms with Gasteiger partial charge in [-0.05, 0) is 50.6 Å². The second-order valence-electron chi connectivity index (χ2n) is 7.24. The van der Waals surface area contributed by atoms with Gasteiger partial charge in [-0.15, -0.1) is 24.0 Å². The molecule has 1 amide bonds. The molecule has 3 rings (SSSR count). The van der Waals surface area contributed by atoms with E-state index in [9.17, 15) is 4.79 Å². The number of ether oxygens (including phenoxy) is 1. The van der Waals surface area contributed by atoms with Crippen LogP contribution in [0.4, 0.5) is 0 Å². The van der Waals surface area contributed by atoms with E-state index in [0.717, 1.165) is 36.9 Å². The Kier molecular flexibility index (Phi) is 9.48. The third-order valence-corrected chi connectivity index (χ3v) is 4.64. The number of hydrogen-bond donors (Lipinski definition) is 1. The molecule has 0 unspecified atom stereocenters. The van der Waals surface area contributed by atoms with Crippen LogP contribution in [0.1, 0.15) is 36.9 Å². The molecule has 2 aromatic rings. The number of carbonyl (C=O) groups is 1. The van der Waals surface area contributed by atoms with Crippen molar-refractivity contribution >= 4 is 35.8 Å². The zero-order valence-corrected chi connectivity index (χ0v) is 20.2. The summed E-state index contributed by atoms with van der Waals surface area (Å²) in [5, 5.41) is 3.36. The van der Waals surface area contributed by atoms with Crippen LogP contribution in [0.25, 0.3) is 0 Å². The molecule has 0 saturated carbocycles. The summed E-state index contributed by atoms with van der Waals surface area (Å²) in [5.41, 5.74) is 1.13. The summed E-state index contributed by atoms with van der Waals surface area (Å²) in [6.07, 6.45) is 1.69. The zero-order valence-electron chi connectivity index (χ0n) is 17.8. The summed E-state index contributed by atoms with van der Waals surface area (Å²) in [5.74, 6) is 2.08. The van der Waals surface area contributed by atoms with Crippen LogP contribution >= 0.6 is 24.0 Å². The molecule has 1 aliphatic heterocycles. The number of hydrogen-bond acceptors (Lipinski definition) is 4. The number of rotatable bonds is 6. The van der Waals surface area contributed by atoms with E-state index in [-0.39, 0.29) is 36.0 Å². The Morgan fingerprint density at radius 1 is 1.13 bits per heavy atom. The van der Waals surface area contributed by atoms with Crippen LogP contribution in [0.15, 0.2) is 52.1 Å². The van der Waals surface area contributed by atoms with Gasteiger partial charge in [0.1, 0.15) is 5.75 Å². The minimum atomic E-state index is -0.0553. The third-order valence-electron chi connectivity index (χ3n) is 4.64. The van der Waals surface area contributed by atoms with E-state index in [1.165, 1.54) is 6.26 Å². The van der Waals surface area contributed by atoms with Gasteiger partial charge in [0.05, 0.1) is 18.9 Å². The van der Waals surface area contributed by atoms with Crippen LogP contribution < -0.4 is 10.1 Å². The quantitative estimate of drug-likeness (QED) is 0.354. The van der Waals surface area contributed by atoms with Crippen LogP contribution in [0.2, 0.25) is 0 Å². The van der Waals surface area contributed by atoms with E-state index in [1.807, 2.05) is 43.0 Å². The summed E-state index contributed by atoms with van der Waals surface area (Å²) < 4.78 is 10.9. The number of guanidine groups is 1. The van der Waals surface area contributed by atoms with Crippen molar-refractivity contribution in [2.75, 3.05) is 32.7 Å². The lowest BCUT2D eigenvalue weighted by Crippen LogP contribution is -2.53. The zero-order chi connectivity index (χ0) is 20.6. The molecule has 1 fully saturated rings. The number of nitrogens with one attached hydrogen (secondary N) is 1. The molecule has 8 heteroatoms. The molecule has 0 aliphatic carbocycles. The number of halogens is 1. The summed E-state index contributed by atoms with van der Waals surface area (Å²) in [4.78, 5) is 21.2. The van der Waals surface area contributed by atoms with E-state index in [0.29, 0.717) is 25.4 Å². The Morgan fingerprint density at radius 3 is 2.37 bits per heavy atom. The van der Waals surface area contributed by atoms with Crippen LogP contribution in [0.3, 0.4) is 0 Å². The first-order chi connectivity index (χ1) is 14.1. The molecule has 1 N–H and O–H groups in total. The fourth-order valence-corrected chi connectivity index (χ4v) is 3.22. The Labute approximate surface area is 195 Å². The van der Waals surface area contributed by atoms with Gasteiger partial charge in [0.25, 0.3) is 5.91 Å². The van der Waals surface area contributed by atoms with Crippen LogP contribution in [0, 0.1) is 0 Å². The van der Waals surface area contributed by atoms with Crippen molar-refractivity contribution in [3.05, 3.63) is 54.0 Å². The first-order valence-electron chi connectivity index (χ1n) is 10.2. The van der Waals surface area contributed by atoms with Gasteiger partial charge in [0.15, 0.2) is 11.7 Å². The summed E-state index contributed by atoms with van der Waals surface area (Å²) >= 11 is 0. The highest BCUT2D eigenvalue weighted by Crippen LogP contribution is 2.15. The molecular formula is C22H31IN4O3. The van der Waals surface area contributed by atoms with Gasteiger partial charge in [0, 0.05) is 32.7 Å². The Hall–Kier alpha value is -2.23. The Bertz CT molecular complexity index is 798. The number of carbonyl (C=O) groups excluding carboxylic acids is 1. The SMILES string of the molecule is CCNC(=NCc1ccc(OC(C)C)cc1)N1CCN(C(=O)c2ccco2)CC1.I. The molecule has 0 bridgehead atoms. The third kappa shape index (κ3) is 6.65. The molecule has 0 radical (unpaired) electrons. The molecular weight excluding hydrogens is 495 g/mol. The van der Waals surface area contributed by atoms with Crippen molar-refractivity contribution < 1.29 is 13.9 Å². The maximum Gasteiger partial charge on any atom is 0.289 e. The topological polar surface area (TPSA) is 70.3 Å². The fourth-order valence-electron chi connectivity index (χ4n) is 3.22. The van der Waals surface area contributed by atoms with Crippen molar-refractivity contribution in [3.63, 3.8) is 0 Å². The lowest BCUT2D eigenvalue weighted by Gasteiger charge is -2.36. The second kappa shape index (κ2) is 11.8. The molecule has 1 aliphatic rings. The van der Waals surface area contributed by atoms with E-state index in [4.69, 9.17) is 14.1 Å². The number of amides is 1. The van der Waals surface area contributed by atoms with Crippen molar-refractivity contribution in [2.45, 2.75) is 33.4 Å². The average Bonchev–Trinajstić information content (AvgIpc) is 3.26. The highest BCUT2D eigenvalue weighted by atomic mass is 127. The van der Waals surface area contributed by atoms with Gasteiger partial charge >= 0.3 is 0 Å². The van der Waals surface area contributed by atoms with Crippen LogP contribution in [0.5, 0.6) is 5.75 Å². The van der Waals surface area contributed by atoms with Crippen molar-refractivity contribution in [2.24, 2.45) is 4.99 Å². The number of piperazine rings is 1. The van der Waals surface area contributed by atoms with Gasteiger partial charge in [-0.1, -0.05) is 12.1 Å². The number of furan rings is 1. The second-order valence-corrected chi connectivity index (χ2v) is 7.24. The Balaban J connectivity index is 0.00000320. The molecule has 164 valence electrons. The minimum absolute atomic E-state index is 0. The number of aliphatic imine (C=N–C) groups is 1. The van der Waals surface area contributed by atoms with Gasteiger partial charge < -0.3 is 24.3 Å². The molecule has 2 heterocycles. The predicted octanol–water partition coefficient (Wildman–Crippen LogP) is 3.61. The average molecular weight is 526 g/mol. The molecule has 1 aromatic heterocycles. The standard InChI is InChI=1S/C22H30N4O3.HI/c1-4-23-22(24-16-18-7-9-19(10-8-18)29-17(2)3)26-13-11-25(12-14-26)21(27)20-6-5-15-28-20;/h5-10,15,17H,4,11-14,16H2,1-3H3,(H,23,24);1H. The maximum absolute atomic E-state index is 12.4. The monoisotopic (exact) mass is 526 g/mol. The smallest absolute Gasteiger partial charge is 0.289 e. The van der Waals surface area contributed by atoms with Gasteiger partial charge in [-0.3, -0.25) is 4.79 Å². The van der Waals surface area contributed by atoms with Gasteiger partial charge in [-0.25, -0.2) is 4.99 Å². The maximum atomic E-state index is 12.4. The summed E-state index contributed by atoms with van der Waals surface area (Å²) in [7, 11) is 0. The first kappa shape index (κ1) is 24.0. The molecule has 1 saturated heterocycles. The lowest BCUT2D eigenvalue weighted by atomic mass is 10.2. The van der Waals surface area contributed by atoms with Crippen LogP contribution in [-0.2, 0) is 6.54 Å². The molecule has 7 nitrogen and oxygen atoms in total. The van der Waals surface area contributed by atoms with E-state index < -0.39 is 0 Å². The van der Waals surface area contributed by atoms with Crippen molar-refractivity contribution in [3.8, 4) is 5.75 Å². The summed E-state index contributed by atoms with van der Waals surface area (Å²) in [6.45, 7) is 10.2. The largest absolute Gasteiger partial charge is 0.491 e. The highest BCUT2D eigenvalue weighted by molar-refractivity contribution is 14.0. The van der Waals surface area contributed by atoms with E-state index >= 15 is 0 Å². The molecule has 0 spiro atoms. The number of nitrogens with zero attached hydrogens (tertiary/aromatic N) is 3. The van der Waals surface area contributed by atoms with Gasteiger partial charge in [-0.2, -0.15) is 0 Å². The number of benzene rings is 1.